The molecule has 0 saturated carbocycles. The number of benzene rings is 2. The lowest BCUT2D eigenvalue weighted by molar-refractivity contribution is -0.129. The Labute approximate surface area is 170 Å². The van der Waals surface area contributed by atoms with Gasteiger partial charge in [-0.3, -0.25) is 14.5 Å². The minimum absolute atomic E-state index is 0.0184. The van der Waals surface area contributed by atoms with Gasteiger partial charge in [0, 0.05) is 49.2 Å². The van der Waals surface area contributed by atoms with Gasteiger partial charge in [0.25, 0.3) is 0 Å². The lowest BCUT2D eigenvalue weighted by Gasteiger charge is -2.09. The molecule has 0 N–H and O–H groups in total. The fourth-order valence-corrected chi connectivity index (χ4v) is 3.38. The quantitative estimate of drug-likeness (QED) is 0.512. The summed E-state index contributed by atoms with van der Waals surface area (Å²) in [6.07, 6.45) is 8.56. The normalized spacial score (nSPS) is 11.0. The van der Waals surface area contributed by atoms with Crippen molar-refractivity contribution in [3.8, 4) is 22.3 Å². The number of carbonyl (C=O) groups excluding carboxylic acids is 1. The van der Waals surface area contributed by atoms with Gasteiger partial charge in [-0.25, -0.2) is 0 Å². The monoisotopic (exact) mass is 384 g/mol. The van der Waals surface area contributed by atoms with Crippen LogP contribution in [0.3, 0.4) is 0 Å². The number of carbonyl (C=O) groups is 1. The molecule has 1 amide bonds. The van der Waals surface area contributed by atoms with Gasteiger partial charge in [-0.1, -0.05) is 49.4 Å². The zero-order chi connectivity index (χ0) is 20.4. The first kappa shape index (κ1) is 18.9. The summed E-state index contributed by atoms with van der Waals surface area (Å²) in [4.78, 5) is 17.9. The first-order valence-electron chi connectivity index (χ1n) is 9.75. The zero-order valence-electron chi connectivity index (χ0n) is 17.0. The Hall–Kier alpha value is -3.47. The minimum Gasteiger partial charge on any atom is -0.347 e. The number of amides is 1. The lowest BCUT2D eigenvalue weighted by Crippen LogP contribution is -2.26. The molecule has 4 rings (SSSR count). The Morgan fingerprint density at radius 1 is 0.966 bits per heavy atom. The molecule has 5 heteroatoms. The highest BCUT2D eigenvalue weighted by Gasteiger charge is 2.09. The fraction of sp³-hybridized carbons (Fsp3) is 0.208. The van der Waals surface area contributed by atoms with Gasteiger partial charge in [-0.05, 0) is 28.5 Å². The van der Waals surface area contributed by atoms with E-state index in [4.69, 9.17) is 0 Å². The Balaban J connectivity index is 1.63. The largest absolute Gasteiger partial charge is 0.347 e. The predicted molar refractivity (Wildman–Crippen MR) is 116 cm³/mol. The maximum atomic E-state index is 11.9. The number of hydrogen-bond donors (Lipinski definition) is 0. The highest BCUT2D eigenvalue weighted by Crippen LogP contribution is 2.30. The number of likely N-dealkylation sites (N-methyl/N-ethyl adjacent to an activating group) is 1. The Bertz CT molecular complexity index is 1160. The van der Waals surface area contributed by atoms with Crippen molar-refractivity contribution in [2.75, 3.05) is 14.1 Å². The molecule has 146 valence electrons. The van der Waals surface area contributed by atoms with E-state index in [1.807, 2.05) is 18.6 Å². The summed E-state index contributed by atoms with van der Waals surface area (Å²) in [6.45, 7) is 2.41. The molecule has 0 saturated heterocycles. The summed E-state index contributed by atoms with van der Waals surface area (Å²) in [5.41, 5.74) is 5.65. The van der Waals surface area contributed by atoms with E-state index in [1.54, 1.807) is 29.9 Å². The van der Waals surface area contributed by atoms with Crippen LogP contribution in [0.15, 0.2) is 67.3 Å². The summed E-state index contributed by atoms with van der Waals surface area (Å²) in [5, 5.41) is 6.69. The molecule has 0 atom stereocenters. The van der Waals surface area contributed by atoms with Crippen LogP contribution in [0, 0.1) is 0 Å². The molecule has 2 aromatic heterocycles. The highest BCUT2D eigenvalue weighted by molar-refractivity contribution is 5.96. The van der Waals surface area contributed by atoms with Crippen LogP contribution in [0.2, 0.25) is 0 Å². The average Bonchev–Trinajstić information content (AvgIpc) is 3.21. The number of aromatic nitrogens is 3. The van der Waals surface area contributed by atoms with E-state index < -0.39 is 0 Å². The van der Waals surface area contributed by atoms with Gasteiger partial charge in [0.05, 0.1) is 6.20 Å². The van der Waals surface area contributed by atoms with Crippen LogP contribution in [0.5, 0.6) is 0 Å². The maximum Gasteiger partial charge on any atom is 0.243 e. The lowest BCUT2D eigenvalue weighted by atomic mass is 9.97. The van der Waals surface area contributed by atoms with Crippen molar-refractivity contribution in [2.45, 2.75) is 19.9 Å². The van der Waals surface area contributed by atoms with Crippen molar-refractivity contribution < 1.29 is 4.79 Å². The minimum atomic E-state index is 0.0184. The van der Waals surface area contributed by atoms with Crippen LogP contribution in [0.1, 0.15) is 12.5 Å². The van der Waals surface area contributed by atoms with Crippen molar-refractivity contribution in [3.63, 3.8) is 0 Å². The van der Waals surface area contributed by atoms with Crippen LogP contribution >= 0.6 is 0 Å². The second kappa shape index (κ2) is 7.87. The first-order chi connectivity index (χ1) is 14.0. The first-order valence-corrected chi connectivity index (χ1v) is 9.75. The van der Waals surface area contributed by atoms with Gasteiger partial charge in [-0.15, -0.1) is 0 Å². The van der Waals surface area contributed by atoms with E-state index in [9.17, 15) is 4.79 Å². The van der Waals surface area contributed by atoms with Gasteiger partial charge in [-0.2, -0.15) is 5.10 Å². The van der Waals surface area contributed by atoms with E-state index in [1.165, 1.54) is 10.9 Å². The van der Waals surface area contributed by atoms with Gasteiger partial charge >= 0.3 is 0 Å². The van der Waals surface area contributed by atoms with Crippen LogP contribution in [-0.2, 0) is 17.8 Å². The Kier molecular flexibility index (Phi) is 5.12. The summed E-state index contributed by atoms with van der Waals surface area (Å²) in [5.74, 6) is 0.0184. The molecule has 0 aliphatic heterocycles. The van der Waals surface area contributed by atoms with Gasteiger partial charge < -0.3 is 4.90 Å². The third-order valence-corrected chi connectivity index (χ3v) is 5.19. The number of hydrogen-bond acceptors (Lipinski definition) is 3. The van der Waals surface area contributed by atoms with E-state index in [-0.39, 0.29) is 12.5 Å². The van der Waals surface area contributed by atoms with Crippen molar-refractivity contribution in [2.24, 2.45) is 0 Å². The molecule has 0 fully saturated rings. The summed E-state index contributed by atoms with van der Waals surface area (Å²) in [6, 6.07) is 15.0. The van der Waals surface area contributed by atoms with Crippen molar-refractivity contribution in [1.29, 1.82) is 0 Å². The third-order valence-electron chi connectivity index (χ3n) is 5.19. The Morgan fingerprint density at radius 2 is 1.72 bits per heavy atom. The SMILES string of the molecule is CCc1ccc2cncc(-c3ccc(-c4cnn(CC(=O)N(C)C)c4)cc3)c2c1. The van der Waals surface area contributed by atoms with Gasteiger partial charge in [0.2, 0.25) is 5.91 Å². The standard InChI is InChI=1S/C24H24N4O/c1-4-17-5-6-20-12-25-14-23(22(20)11-17)19-9-7-18(8-10-19)21-13-26-28(15-21)16-24(29)27(2)3/h5-15H,4,16H2,1-3H3. The van der Waals surface area contributed by atoms with E-state index in [2.05, 4.69) is 59.5 Å². The molecule has 29 heavy (non-hydrogen) atoms. The van der Waals surface area contributed by atoms with Gasteiger partial charge in [0.1, 0.15) is 6.54 Å². The molecular formula is C24H24N4O. The average molecular weight is 384 g/mol. The van der Waals surface area contributed by atoms with Crippen molar-refractivity contribution in [1.82, 2.24) is 19.7 Å². The van der Waals surface area contributed by atoms with Crippen molar-refractivity contribution in [3.05, 3.63) is 72.8 Å². The van der Waals surface area contributed by atoms with Crippen LogP contribution in [0.25, 0.3) is 33.0 Å². The molecule has 0 radical (unpaired) electrons. The van der Waals surface area contributed by atoms with Crippen LogP contribution < -0.4 is 0 Å². The molecular weight excluding hydrogens is 360 g/mol. The number of nitrogens with zero attached hydrogens (tertiary/aromatic N) is 4. The smallest absolute Gasteiger partial charge is 0.243 e. The summed E-state index contributed by atoms with van der Waals surface area (Å²) < 4.78 is 1.67. The topological polar surface area (TPSA) is 51.0 Å². The molecule has 0 aliphatic carbocycles. The maximum absolute atomic E-state index is 11.9. The van der Waals surface area contributed by atoms with E-state index in [0.29, 0.717) is 0 Å². The van der Waals surface area contributed by atoms with Gasteiger partial charge in [0.15, 0.2) is 0 Å². The third kappa shape index (κ3) is 3.90. The molecule has 0 unspecified atom stereocenters. The number of pyridine rings is 1. The second-order valence-electron chi connectivity index (χ2n) is 7.39. The molecule has 5 nitrogen and oxygen atoms in total. The number of aryl methyl sites for hydroxylation is 1. The number of fused-ring (bicyclic) bond motifs is 1. The van der Waals surface area contributed by atoms with E-state index in [0.717, 1.165) is 34.1 Å². The van der Waals surface area contributed by atoms with Crippen LogP contribution in [-0.4, -0.2) is 39.7 Å². The molecule has 0 spiro atoms. The molecule has 2 aromatic carbocycles. The summed E-state index contributed by atoms with van der Waals surface area (Å²) in [7, 11) is 3.49. The molecule has 0 bridgehead atoms. The molecule has 4 aromatic rings. The Morgan fingerprint density at radius 3 is 2.45 bits per heavy atom. The molecule has 0 aliphatic rings. The van der Waals surface area contributed by atoms with Crippen molar-refractivity contribution >= 4 is 16.7 Å². The zero-order valence-corrected chi connectivity index (χ0v) is 17.0. The van der Waals surface area contributed by atoms with Crippen LogP contribution in [0.4, 0.5) is 0 Å². The number of rotatable bonds is 5. The second-order valence-corrected chi connectivity index (χ2v) is 7.39. The molecule has 2 heterocycles. The highest BCUT2D eigenvalue weighted by atomic mass is 16.2. The summed E-state index contributed by atoms with van der Waals surface area (Å²) >= 11 is 0. The van der Waals surface area contributed by atoms with E-state index >= 15 is 0 Å². The fourth-order valence-electron chi connectivity index (χ4n) is 3.38. The predicted octanol–water partition coefficient (Wildman–Crippen LogP) is 4.42.